The van der Waals surface area contributed by atoms with Gasteiger partial charge in [0.05, 0.1) is 11.5 Å². The van der Waals surface area contributed by atoms with Crippen molar-refractivity contribution in [3.8, 4) is 0 Å². The third-order valence-electron chi connectivity index (χ3n) is 3.29. The Bertz CT molecular complexity index is 526. The number of ether oxygens (including phenoxy) is 1. The van der Waals surface area contributed by atoms with Gasteiger partial charge in [-0.05, 0) is 46.8 Å². The highest BCUT2D eigenvalue weighted by Crippen LogP contribution is 2.25. The first kappa shape index (κ1) is 15.0. The smallest absolute Gasteiger partial charge is 0.243 e. The minimum atomic E-state index is -3.44. The molecule has 19 heavy (non-hydrogen) atoms. The highest BCUT2D eigenvalue weighted by Gasteiger charge is 2.26. The molecule has 2 rings (SSSR count). The third-order valence-corrected chi connectivity index (χ3v) is 6.13. The van der Waals surface area contributed by atoms with E-state index >= 15 is 0 Å². The van der Waals surface area contributed by atoms with Crippen molar-refractivity contribution in [3.63, 3.8) is 0 Å². The Labute approximate surface area is 122 Å². The summed E-state index contributed by atoms with van der Waals surface area (Å²) in [7, 11) is -1.81. The Morgan fingerprint density at radius 1 is 1.42 bits per heavy atom. The van der Waals surface area contributed by atoms with Gasteiger partial charge in [-0.15, -0.1) is 0 Å². The van der Waals surface area contributed by atoms with Crippen molar-refractivity contribution in [3.05, 3.63) is 28.7 Å². The quantitative estimate of drug-likeness (QED) is 0.840. The molecule has 0 N–H and O–H groups in total. The Morgan fingerprint density at radius 2 is 2.16 bits per heavy atom. The van der Waals surface area contributed by atoms with Gasteiger partial charge < -0.3 is 4.74 Å². The molecule has 0 aliphatic carbocycles. The molecule has 1 saturated heterocycles. The Morgan fingerprint density at radius 3 is 2.79 bits per heavy atom. The third kappa shape index (κ3) is 3.56. The fourth-order valence-electron chi connectivity index (χ4n) is 2.23. The number of hydrogen-bond donors (Lipinski definition) is 0. The lowest BCUT2D eigenvalue weighted by molar-refractivity contribution is 0.0495. The highest BCUT2D eigenvalue weighted by atomic mass is 79.9. The number of sulfonamides is 1. The SMILES string of the molecule is CN(CC1CCCOC1)S(=O)(=O)c1ccccc1Br. The number of rotatable bonds is 4. The molecule has 1 heterocycles. The van der Waals surface area contributed by atoms with Gasteiger partial charge in [-0.1, -0.05) is 12.1 Å². The van der Waals surface area contributed by atoms with Gasteiger partial charge in [0.15, 0.2) is 0 Å². The molecule has 1 aliphatic rings. The number of hydrogen-bond acceptors (Lipinski definition) is 3. The van der Waals surface area contributed by atoms with Crippen LogP contribution in [0.3, 0.4) is 0 Å². The molecule has 1 aliphatic heterocycles. The Kier molecular flexibility index (Phi) is 5.00. The van der Waals surface area contributed by atoms with Crippen molar-refractivity contribution in [2.75, 3.05) is 26.8 Å². The van der Waals surface area contributed by atoms with Gasteiger partial charge in [-0.2, -0.15) is 0 Å². The summed E-state index contributed by atoms with van der Waals surface area (Å²) < 4.78 is 32.4. The minimum absolute atomic E-state index is 0.288. The molecule has 0 bridgehead atoms. The zero-order valence-electron chi connectivity index (χ0n) is 10.9. The molecule has 6 heteroatoms. The van der Waals surface area contributed by atoms with Crippen molar-refractivity contribution in [1.82, 2.24) is 4.31 Å². The second kappa shape index (κ2) is 6.35. The van der Waals surface area contributed by atoms with Crippen molar-refractivity contribution in [2.24, 2.45) is 5.92 Å². The summed E-state index contributed by atoms with van der Waals surface area (Å²) in [6.45, 7) is 1.94. The minimum Gasteiger partial charge on any atom is -0.381 e. The second-order valence-corrected chi connectivity index (χ2v) is 7.67. The van der Waals surface area contributed by atoms with E-state index in [2.05, 4.69) is 15.9 Å². The molecule has 1 fully saturated rings. The highest BCUT2D eigenvalue weighted by molar-refractivity contribution is 9.10. The van der Waals surface area contributed by atoms with Gasteiger partial charge in [0.1, 0.15) is 0 Å². The number of benzene rings is 1. The van der Waals surface area contributed by atoms with E-state index < -0.39 is 10.0 Å². The largest absolute Gasteiger partial charge is 0.381 e. The predicted octanol–water partition coefficient (Wildman–Crippen LogP) is 2.50. The lowest BCUT2D eigenvalue weighted by Crippen LogP contribution is -2.35. The van der Waals surface area contributed by atoms with E-state index in [0.717, 1.165) is 19.4 Å². The standard InChI is InChI=1S/C13H18BrNO3S/c1-15(9-11-5-4-8-18-10-11)19(16,17)13-7-3-2-6-12(13)14/h2-3,6-7,11H,4-5,8-10H2,1H3. The van der Waals surface area contributed by atoms with E-state index in [4.69, 9.17) is 4.74 Å². The van der Waals surface area contributed by atoms with Gasteiger partial charge >= 0.3 is 0 Å². The average molecular weight is 348 g/mol. The molecular weight excluding hydrogens is 330 g/mol. The summed E-state index contributed by atoms with van der Waals surface area (Å²) >= 11 is 3.30. The first-order chi connectivity index (χ1) is 9.01. The summed E-state index contributed by atoms with van der Waals surface area (Å²) in [4.78, 5) is 0.314. The molecule has 4 nitrogen and oxygen atoms in total. The summed E-state index contributed by atoms with van der Waals surface area (Å²) in [5.41, 5.74) is 0. The summed E-state index contributed by atoms with van der Waals surface area (Å²) in [5.74, 6) is 0.288. The molecule has 0 aromatic heterocycles. The molecule has 0 radical (unpaired) electrons. The number of halogens is 1. The van der Waals surface area contributed by atoms with Crippen molar-refractivity contribution in [2.45, 2.75) is 17.7 Å². The van der Waals surface area contributed by atoms with Gasteiger partial charge in [-0.3, -0.25) is 0 Å². The van der Waals surface area contributed by atoms with Gasteiger partial charge in [0.25, 0.3) is 0 Å². The fourth-order valence-corrected chi connectivity index (χ4v) is 4.44. The van der Waals surface area contributed by atoms with E-state index in [-0.39, 0.29) is 5.92 Å². The molecular formula is C13H18BrNO3S. The van der Waals surface area contributed by atoms with Crippen LogP contribution in [0.25, 0.3) is 0 Å². The molecule has 0 saturated carbocycles. The summed E-state index contributed by atoms with van der Waals surface area (Å²) in [6, 6.07) is 6.89. The van der Waals surface area contributed by atoms with Gasteiger partial charge in [-0.25, -0.2) is 12.7 Å². The second-order valence-electron chi connectivity index (χ2n) is 4.80. The van der Waals surface area contributed by atoms with Crippen LogP contribution in [-0.2, 0) is 14.8 Å². The summed E-state index contributed by atoms with van der Waals surface area (Å²) in [6.07, 6.45) is 2.03. The van der Waals surface area contributed by atoms with Crippen molar-refractivity contribution in [1.29, 1.82) is 0 Å². The van der Waals surface area contributed by atoms with E-state index in [1.807, 2.05) is 0 Å². The Hall–Kier alpha value is -0.430. The number of nitrogens with zero attached hydrogens (tertiary/aromatic N) is 1. The van der Waals surface area contributed by atoms with E-state index in [9.17, 15) is 8.42 Å². The lowest BCUT2D eigenvalue weighted by atomic mass is 10.0. The van der Waals surface area contributed by atoms with E-state index in [1.54, 1.807) is 31.3 Å². The van der Waals surface area contributed by atoms with Crippen LogP contribution < -0.4 is 0 Å². The zero-order valence-corrected chi connectivity index (χ0v) is 13.3. The van der Waals surface area contributed by atoms with Crippen LogP contribution in [-0.4, -0.2) is 39.5 Å². The topological polar surface area (TPSA) is 46.6 Å². The molecule has 1 unspecified atom stereocenters. The Balaban J connectivity index is 2.13. The van der Waals surface area contributed by atoms with Gasteiger partial charge in [0.2, 0.25) is 10.0 Å². The van der Waals surface area contributed by atoms with Crippen LogP contribution >= 0.6 is 15.9 Å². The maximum atomic E-state index is 12.5. The van der Waals surface area contributed by atoms with Crippen molar-refractivity contribution >= 4 is 26.0 Å². The first-order valence-electron chi connectivity index (χ1n) is 6.30. The zero-order chi connectivity index (χ0) is 13.9. The maximum absolute atomic E-state index is 12.5. The molecule has 1 atom stereocenters. The fraction of sp³-hybridized carbons (Fsp3) is 0.538. The van der Waals surface area contributed by atoms with E-state index in [0.29, 0.717) is 22.5 Å². The van der Waals surface area contributed by atoms with Crippen LogP contribution in [0.15, 0.2) is 33.6 Å². The van der Waals surface area contributed by atoms with Crippen LogP contribution in [0.1, 0.15) is 12.8 Å². The first-order valence-corrected chi connectivity index (χ1v) is 8.53. The normalized spacial score (nSPS) is 20.7. The van der Waals surface area contributed by atoms with Crippen molar-refractivity contribution < 1.29 is 13.2 Å². The van der Waals surface area contributed by atoms with Gasteiger partial charge in [0, 0.05) is 24.7 Å². The maximum Gasteiger partial charge on any atom is 0.243 e. The van der Waals surface area contributed by atoms with Crippen LogP contribution in [0.4, 0.5) is 0 Å². The van der Waals surface area contributed by atoms with Crippen LogP contribution in [0.2, 0.25) is 0 Å². The molecule has 0 amide bonds. The molecule has 0 spiro atoms. The van der Waals surface area contributed by atoms with E-state index in [1.165, 1.54) is 4.31 Å². The van der Waals surface area contributed by atoms with Crippen LogP contribution in [0.5, 0.6) is 0 Å². The summed E-state index contributed by atoms with van der Waals surface area (Å²) in [5, 5.41) is 0. The average Bonchev–Trinajstić information content (AvgIpc) is 2.40. The monoisotopic (exact) mass is 347 g/mol. The van der Waals surface area contributed by atoms with Crippen LogP contribution in [0, 0.1) is 5.92 Å². The molecule has 1 aromatic carbocycles. The molecule has 106 valence electrons. The molecule has 1 aromatic rings. The lowest BCUT2D eigenvalue weighted by Gasteiger charge is -2.26. The predicted molar refractivity (Wildman–Crippen MR) is 77.5 cm³/mol.